The lowest BCUT2D eigenvalue weighted by atomic mass is 9.99. The lowest BCUT2D eigenvalue weighted by Crippen LogP contribution is -2.32. The number of imidazole rings is 1. The van der Waals surface area contributed by atoms with Crippen LogP contribution in [0.4, 0.5) is 0 Å². The molecular weight excluding hydrogens is 452 g/mol. The molecule has 0 aliphatic heterocycles. The molecule has 33 heavy (non-hydrogen) atoms. The fraction of sp³-hybridized carbons (Fsp3) is 0.192. The molecule has 1 aliphatic rings. The molecule has 4 rings (SSSR count). The monoisotopic (exact) mass is 474 g/mol. The van der Waals surface area contributed by atoms with Gasteiger partial charge in [-0.1, -0.05) is 73.8 Å². The quantitative estimate of drug-likeness (QED) is 0.551. The van der Waals surface area contributed by atoms with Crippen molar-refractivity contribution in [2.75, 3.05) is 0 Å². The topological polar surface area (TPSA) is 72.2 Å². The first-order chi connectivity index (χ1) is 15.8. The van der Waals surface area contributed by atoms with Gasteiger partial charge in [0.15, 0.2) is 0 Å². The largest absolute Gasteiger partial charge is 0.478 e. The minimum atomic E-state index is -0.953. The number of carbonyl (C=O) groups is 2. The van der Waals surface area contributed by atoms with Gasteiger partial charge in [-0.2, -0.15) is 0 Å². The molecule has 0 radical (unpaired) electrons. The summed E-state index contributed by atoms with van der Waals surface area (Å²) >= 11 is 10.7. The number of aromatic carboxylic acids is 1. The Morgan fingerprint density at radius 3 is 2.45 bits per heavy atom. The van der Waals surface area contributed by atoms with E-state index >= 15 is 0 Å². The molecular formula is C26H22N2O3S2. The first kappa shape index (κ1) is 22.9. The van der Waals surface area contributed by atoms with Gasteiger partial charge >= 0.3 is 5.97 Å². The van der Waals surface area contributed by atoms with Crippen LogP contribution in [-0.4, -0.2) is 36.1 Å². The number of fused-ring (bicyclic) bond motifs is 1. The maximum absolute atomic E-state index is 12.4. The Bertz CT molecular complexity index is 1430. The van der Waals surface area contributed by atoms with Crippen LogP contribution in [0.1, 0.15) is 42.0 Å². The molecule has 0 spiro atoms. The molecule has 0 atom stereocenters. The van der Waals surface area contributed by atoms with E-state index in [1.807, 2.05) is 43.3 Å². The molecule has 5 nitrogen and oxygen atoms in total. The molecule has 0 amide bonds. The van der Waals surface area contributed by atoms with E-state index in [9.17, 15) is 14.7 Å². The number of aryl methyl sites for hydroxylation is 1. The number of Topliss-reactive ketones (excluding diaryl/α,β-unsaturated/α-hetero) is 1. The van der Waals surface area contributed by atoms with Crippen LogP contribution in [0.15, 0.2) is 48.5 Å². The van der Waals surface area contributed by atoms with Crippen LogP contribution in [0.3, 0.4) is 0 Å². The molecule has 3 aromatic rings. The Hall–Kier alpha value is -3.29. The third-order valence-electron chi connectivity index (χ3n) is 5.72. The highest BCUT2D eigenvalue weighted by atomic mass is 32.1. The van der Waals surface area contributed by atoms with Gasteiger partial charge < -0.3 is 9.67 Å². The molecule has 2 aromatic carbocycles. The summed E-state index contributed by atoms with van der Waals surface area (Å²) < 4.78 is 2.09. The van der Waals surface area contributed by atoms with E-state index in [0.29, 0.717) is 23.0 Å². The lowest BCUT2D eigenvalue weighted by molar-refractivity contribution is -0.106. The molecule has 0 saturated heterocycles. The van der Waals surface area contributed by atoms with E-state index in [-0.39, 0.29) is 21.1 Å². The van der Waals surface area contributed by atoms with Crippen LogP contribution in [0.2, 0.25) is 0 Å². The molecule has 0 saturated carbocycles. The highest BCUT2D eigenvalue weighted by molar-refractivity contribution is 7.87. The molecule has 1 heterocycles. The lowest BCUT2D eigenvalue weighted by Gasteiger charge is -2.10. The Labute approximate surface area is 202 Å². The number of thiocarbonyl (C=S) groups is 2. The van der Waals surface area contributed by atoms with Gasteiger partial charge in [0.1, 0.15) is 5.82 Å². The first-order valence-corrected chi connectivity index (χ1v) is 11.5. The standard InChI is InChI=1S/C26H22N2O3S2/c1-3-6-22-27-23-15(2)25(33)24(29)21(32)13-20(23)28(22)14-16-9-11-17(12-10-16)18-7-4-5-8-19(18)26(30)31/h4-5,7-13H,3,6,14H2,1-2H3,(H,30,31). The van der Waals surface area contributed by atoms with Crippen LogP contribution in [0.25, 0.3) is 22.8 Å². The number of carboxylic acid groups (broad SMARTS) is 1. The van der Waals surface area contributed by atoms with E-state index in [4.69, 9.17) is 29.4 Å². The number of aromatic nitrogens is 2. The molecule has 166 valence electrons. The second kappa shape index (κ2) is 9.29. The van der Waals surface area contributed by atoms with Crippen molar-refractivity contribution in [2.45, 2.75) is 33.2 Å². The summed E-state index contributed by atoms with van der Waals surface area (Å²) in [5, 5.41) is 11.0. The number of carbonyl (C=O) groups excluding carboxylic acids is 1. The number of benzene rings is 2. The molecule has 0 fully saturated rings. The van der Waals surface area contributed by atoms with Crippen LogP contribution in [0, 0.1) is 0 Å². The van der Waals surface area contributed by atoms with E-state index in [2.05, 4.69) is 11.5 Å². The zero-order chi connectivity index (χ0) is 23.7. The van der Waals surface area contributed by atoms with Crippen molar-refractivity contribution in [3.8, 4) is 11.1 Å². The van der Waals surface area contributed by atoms with Gasteiger partial charge in [0, 0.05) is 13.0 Å². The Morgan fingerprint density at radius 1 is 1.09 bits per heavy atom. The molecule has 1 aromatic heterocycles. The van der Waals surface area contributed by atoms with Crippen molar-refractivity contribution in [3.05, 3.63) is 76.2 Å². The maximum Gasteiger partial charge on any atom is 0.336 e. The van der Waals surface area contributed by atoms with Gasteiger partial charge in [0.2, 0.25) is 5.78 Å². The Balaban J connectivity index is 1.78. The van der Waals surface area contributed by atoms with E-state index < -0.39 is 5.97 Å². The van der Waals surface area contributed by atoms with Gasteiger partial charge in [-0.25, -0.2) is 9.78 Å². The summed E-state index contributed by atoms with van der Waals surface area (Å²) in [6, 6.07) is 14.8. The normalized spacial score (nSPS) is 13.5. The predicted molar refractivity (Wildman–Crippen MR) is 137 cm³/mol. The van der Waals surface area contributed by atoms with Crippen molar-refractivity contribution in [1.82, 2.24) is 9.55 Å². The number of hydrogen-bond acceptors (Lipinski definition) is 5. The Kier molecular flexibility index (Phi) is 6.44. The van der Waals surface area contributed by atoms with Gasteiger partial charge in [-0.15, -0.1) is 0 Å². The molecule has 7 heteroatoms. The van der Waals surface area contributed by atoms with Crippen molar-refractivity contribution < 1.29 is 14.7 Å². The zero-order valence-electron chi connectivity index (χ0n) is 18.3. The van der Waals surface area contributed by atoms with Gasteiger partial charge in [0.05, 0.1) is 26.0 Å². The van der Waals surface area contributed by atoms with Gasteiger partial charge in [0.25, 0.3) is 0 Å². The summed E-state index contributed by atoms with van der Waals surface area (Å²) in [6.07, 6.45) is 3.42. The maximum atomic E-state index is 12.4. The molecule has 0 bridgehead atoms. The third-order valence-corrected chi connectivity index (χ3v) is 6.51. The second-order valence-electron chi connectivity index (χ2n) is 7.94. The number of hydrogen-bond donors (Lipinski definition) is 1. The number of carboxylic acids is 1. The van der Waals surface area contributed by atoms with Gasteiger partial charge in [-0.3, -0.25) is 4.79 Å². The second-order valence-corrected chi connectivity index (χ2v) is 8.79. The minimum Gasteiger partial charge on any atom is -0.478 e. The van der Waals surface area contributed by atoms with Crippen molar-refractivity contribution in [3.63, 3.8) is 0 Å². The fourth-order valence-electron chi connectivity index (χ4n) is 4.00. The predicted octanol–water partition coefficient (Wildman–Crippen LogP) is 3.52. The van der Waals surface area contributed by atoms with E-state index in [0.717, 1.165) is 35.1 Å². The van der Waals surface area contributed by atoms with E-state index in [1.54, 1.807) is 18.2 Å². The highest BCUT2D eigenvalue weighted by Gasteiger charge is 2.22. The molecule has 0 unspecified atom stereocenters. The first-order valence-electron chi connectivity index (χ1n) is 10.6. The van der Waals surface area contributed by atoms with Crippen molar-refractivity contribution >= 4 is 57.6 Å². The highest BCUT2D eigenvalue weighted by Crippen LogP contribution is 2.24. The zero-order valence-corrected chi connectivity index (χ0v) is 19.9. The SMILES string of the molecule is CCCc1nc2c(n1Cc1ccc(-c3ccccc3C(=O)O)cc1)=CC(=S)C(=O)C(=S)C=2C. The summed E-state index contributed by atoms with van der Waals surface area (Å²) in [6.45, 7) is 4.46. The van der Waals surface area contributed by atoms with Crippen LogP contribution < -0.4 is 10.7 Å². The van der Waals surface area contributed by atoms with Crippen molar-refractivity contribution in [2.24, 2.45) is 0 Å². The minimum absolute atomic E-state index is 0.197. The summed E-state index contributed by atoms with van der Waals surface area (Å²) in [5.74, 6) is -0.343. The summed E-state index contributed by atoms with van der Waals surface area (Å²) in [7, 11) is 0. The third kappa shape index (κ3) is 4.34. The van der Waals surface area contributed by atoms with Crippen molar-refractivity contribution in [1.29, 1.82) is 0 Å². The average Bonchev–Trinajstić information content (AvgIpc) is 3.11. The van der Waals surface area contributed by atoms with E-state index in [1.165, 1.54) is 0 Å². The Morgan fingerprint density at radius 2 is 1.79 bits per heavy atom. The van der Waals surface area contributed by atoms with Crippen LogP contribution in [-0.2, 0) is 17.8 Å². The number of nitrogens with zero attached hydrogens (tertiary/aromatic N) is 2. The summed E-state index contributed by atoms with van der Waals surface area (Å²) in [5.41, 5.74) is 3.49. The average molecular weight is 475 g/mol. The number of rotatable bonds is 6. The van der Waals surface area contributed by atoms with Crippen LogP contribution in [0.5, 0.6) is 0 Å². The van der Waals surface area contributed by atoms with Crippen LogP contribution >= 0.6 is 24.4 Å². The molecule has 1 N–H and O–H groups in total. The molecule has 1 aliphatic carbocycles. The number of ketones is 1. The smallest absolute Gasteiger partial charge is 0.336 e. The summed E-state index contributed by atoms with van der Waals surface area (Å²) in [4.78, 5) is 29.3. The fourth-order valence-corrected chi connectivity index (χ4v) is 4.48. The van der Waals surface area contributed by atoms with Gasteiger partial charge in [-0.05, 0) is 47.8 Å².